The molecular weight excluding hydrogens is 232 g/mol. The largest absolute Gasteiger partial charge is 0.371 e. The lowest BCUT2D eigenvalue weighted by Gasteiger charge is -2.24. The fraction of sp³-hybridized carbons (Fsp3) is 0.583. The lowest BCUT2D eigenvalue weighted by Crippen LogP contribution is -2.41. The summed E-state index contributed by atoms with van der Waals surface area (Å²) in [6.45, 7) is 3.98. The highest BCUT2D eigenvalue weighted by atomic mass is 16.2. The molecule has 1 unspecified atom stereocenters. The Labute approximate surface area is 106 Å². The van der Waals surface area contributed by atoms with E-state index in [1.807, 2.05) is 13.8 Å². The third-order valence-electron chi connectivity index (χ3n) is 3.33. The number of carbonyl (C=O) groups excluding carboxylic acids is 2. The highest BCUT2D eigenvalue weighted by molar-refractivity contribution is 6.07. The summed E-state index contributed by atoms with van der Waals surface area (Å²) in [5.74, 6) is -0.218. The van der Waals surface area contributed by atoms with E-state index < -0.39 is 6.04 Å². The minimum Gasteiger partial charge on any atom is -0.371 e. The average Bonchev–Trinajstić information content (AvgIpc) is 2.94. The van der Waals surface area contributed by atoms with Crippen molar-refractivity contribution in [3.05, 3.63) is 12.4 Å². The highest BCUT2D eigenvalue weighted by Gasteiger charge is 2.41. The average molecular weight is 250 g/mol. The van der Waals surface area contributed by atoms with E-state index in [9.17, 15) is 9.59 Å². The van der Waals surface area contributed by atoms with E-state index in [2.05, 4.69) is 15.5 Å². The van der Waals surface area contributed by atoms with Crippen LogP contribution in [0.15, 0.2) is 12.4 Å². The topological polar surface area (TPSA) is 78.1 Å². The number of H-pyrrole nitrogens is 1. The zero-order chi connectivity index (χ0) is 13.1. The fourth-order valence-corrected chi connectivity index (χ4v) is 2.33. The molecule has 2 heterocycles. The minimum absolute atomic E-state index is 0.0150. The van der Waals surface area contributed by atoms with Crippen LogP contribution in [-0.4, -0.2) is 39.0 Å². The van der Waals surface area contributed by atoms with Crippen molar-refractivity contribution in [2.75, 3.05) is 5.32 Å². The predicted molar refractivity (Wildman–Crippen MR) is 66.8 cm³/mol. The van der Waals surface area contributed by atoms with Gasteiger partial charge >= 0.3 is 0 Å². The first-order valence-corrected chi connectivity index (χ1v) is 6.28. The van der Waals surface area contributed by atoms with Crippen LogP contribution in [0.4, 0.5) is 5.69 Å². The zero-order valence-electron chi connectivity index (χ0n) is 10.6. The molecule has 0 aliphatic carbocycles. The SMILES string of the molecule is CCC(CC)N1C(=O)CC(Nc2cn[nH]c2)C1=O. The molecule has 1 aliphatic heterocycles. The van der Waals surface area contributed by atoms with E-state index >= 15 is 0 Å². The van der Waals surface area contributed by atoms with Crippen molar-refractivity contribution >= 4 is 17.5 Å². The second kappa shape index (κ2) is 5.20. The maximum atomic E-state index is 12.2. The van der Waals surface area contributed by atoms with Gasteiger partial charge in [0.1, 0.15) is 6.04 Å². The second-order valence-corrected chi connectivity index (χ2v) is 4.46. The molecule has 18 heavy (non-hydrogen) atoms. The summed E-state index contributed by atoms with van der Waals surface area (Å²) in [5.41, 5.74) is 0.729. The molecule has 0 aromatic carbocycles. The van der Waals surface area contributed by atoms with Crippen molar-refractivity contribution < 1.29 is 9.59 Å². The Morgan fingerprint density at radius 3 is 2.78 bits per heavy atom. The number of aromatic nitrogens is 2. The van der Waals surface area contributed by atoms with Crippen LogP contribution in [-0.2, 0) is 9.59 Å². The number of rotatable bonds is 5. The van der Waals surface area contributed by atoms with E-state index in [0.717, 1.165) is 18.5 Å². The Kier molecular flexibility index (Phi) is 3.64. The van der Waals surface area contributed by atoms with Crippen molar-refractivity contribution in [2.24, 2.45) is 0 Å². The van der Waals surface area contributed by atoms with Crippen molar-refractivity contribution in [3.63, 3.8) is 0 Å². The summed E-state index contributed by atoms with van der Waals surface area (Å²) in [5, 5.41) is 9.49. The number of amides is 2. The van der Waals surface area contributed by atoms with Crippen LogP contribution < -0.4 is 5.32 Å². The molecule has 98 valence electrons. The lowest BCUT2D eigenvalue weighted by atomic mass is 10.1. The van der Waals surface area contributed by atoms with Gasteiger partial charge in [0.05, 0.1) is 18.3 Å². The Balaban J connectivity index is 2.09. The molecule has 1 aromatic rings. The van der Waals surface area contributed by atoms with Crippen molar-refractivity contribution in [3.8, 4) is 0 Å². The van der Waals surface area contributed by atoms with E-state index in [4.69, 9.17) is 0 Å². The monoisotopic (exact) mass is 250 g/mol. The molecule has 1 aromatic heterocycles. The van der Waals surface area contributed by atoms with Crippen molar-refractivity contribution in [1.29, 1.82) is 0 Å². The summed E-state index contributed by atoms with van der Waals surface area (Å²) < 4.78 is 0. The quantitative estimate of drug-likeness (QED) is 0.768. The van der Waals surface area contributed by atoms with Crippen LogP contribution in [0.5, 0.6) is 0 Å². The number of likely N-dealkylation sites (tertiary alicyclic amines) is 1. The summed E-state index contributed by atoms with van der Waals surface area (Å²) in [6, 6.07) is -0.447. The van der Waals surface area contributed by atoms with E-state index in [1.54, 1.807) is 12.4 Å². The van der Waals surface area contributed by atoms with Gasteiger partial charge in [-0.3, -0.25) is 19.6 Å². The summed E-state index contributed by atoms with van der Waals surface area (Å²) in [7, 11) is 0. The molecular formula is C12H18N4O2. The Morgan fingerprint density at radius 1 is 1.50 bits per heavy atom. The standard InChI is InChI=1S/C12H18N4O2/c1-3-9(4-2)16-11(17)5-10(12(16)18)15-8-6-13-14-7-8/h6-7,9-10,15H,3-5H2,1-2H3,(H,13,14). The van der Waals surface area contributed by atoms with E-state index in [1.165, 1.54) is 4.90 Å². The molecule has 1 saturated heterocycles. The van der Waals surface area contributed by atoms with Crippen LogP contribution >= 0.6 is 0 Å². The number of hydrogen-bond donors (Lipinski definition) is 2. The van der Waals surface area contributed by atoms with Crippen LogP contribution in [0.1, 0.15) is 33.1 Å². The number of nitrogens with one attached hydrogen (secondary N) is 2. The van der Waals surface area contributed by atoms with Gasteiger partial charge in [0, 0.05) is 12.2 Å². The van der Waals surface area contributed by atoms with Crippen LogP contribution in [0.2, 0.25) is 0 Å². The molecule has 2 N–H and O–H groups in total. The minimum atomic E-state index is -0.462. The van der Waals surface area contributed by atoms with Crippen LogP contribution in [0, 0.1) is 0 Å². The molecule has 1 fully saturated rings. The van der Waals surface area contributed by atoms with Gasteiger partial charge in [0.15, 0.2) is 0 Å². The third-order valence-corrected chi connectivity index (χ3v) is 3.33. The molecule has 0 radical (unpaired) electrons. The van der Waals surface area contributed by atoms with Gasteiger partial charge in [0.2, 0.25) is 5.91 Å². The number of hydrogen-bond acceptors (Lipinski definition) is 4. The maximum absolute atomic E-state index is 12.2. The number of aromatic amines is 1. The van der Waals surface area contributed by atoms with E-state index in [0.29, 0.717) is 0 Å². The van der Waals surface area contributed by atoms with Crippen molar-refractivity contribution in [1.82, 2.24) is 15.1 Å². The van der Waals surface area contributed by atoms with Gasteiger partial charge in [-0.15, -0.1) is 0 Å². The summed E-state index contributed by atoms with van der Waals surface area (Å²) >= 11 is 0. The van der Waals surface area contributed by atoms with Crippen molar-refractivity contribution in [2.45, 2.75) is 45.2 Å². The molecule has 6 nitrogen and oxygen atoms in total. The Morgan fingerprint density at radius 2 is 2.22 bits per heavy atom. The first-order valence-electron chi connectivity index (χ1n) is 6.28. The van der Waals surface area contributed by atoms with Gasteiger partial charge in [0.25, 0.3) is 5.91 Å². The van der Waals surface area contributed by atoms with Gasteiger partial charge in [-0.25, -0.2) is 0 Å². The molecule has 1 atom stereocenters. The predicted octanol–water partition coefficient (Wildman–Crippen LogP) is 1.14. The van der Waals surface area contributed by atoms with Gasteiger partial charge < -0.3 is 5.32 Å². The zero-order valence-corrected chi connectivity index (χ0v) is 10.6. The van der Waals surface area contributed by atoms with Crippen LogP contribution in [0.25, 0.3) is 0 Å². The summed E-state index contributed by atoms with van der Waals surface area (Å²) in [6.07, 6.45) is 5.08. The molecule has 2 rings (SSSR count). The van der Waals surface area contributed by atoms with Crippen LogP contribution in [0.3, 0.4) is 0 Å². The maximum Gasteiger partial charge on any atom is 0.252 e. The number of imide groups is 1. The lowest BCUT2D eigenvalue weighted by molar-refractivity contribution is -0.141. The molecule has 1 aliphatic rings. The molecule has 6 heteroatoms. The number of carbonyl (C=O) groups is 2. The third kappa shape index (κ3) is 2.23. The normalized spacial score (nSPS) is 19.9. The molecule has 0 spiro atoms. The number of anilines is 1. The van der Waals surface area contributed by atoms with E-state index in [-0.39, 0.29) is 24.3 Å². The smallest absolute Gasteiger partial charge is 0.252 e. The first kappa shape index (κ1) is 12.6. The number of nitrogens with zero attached hydrogens (tertiary/aromatic N) is 2. The second-order valence-electron chi connectivity index (χ2n) is 4.46. The molecule has 0 bridgehead atoms. The Bertz CT molecular complexity index is 425. The summed E-state index contributed by atoms with van der Waals surface area (Å²) in [4.78, 5) is 25.6. The van der Waals surface area contributed by atoms with Gasteiger partial charge in [-0.1, -0.05) is 13.8 Å². The molecule has 0 saturated carbocycles. The fourth-order valence-electron chi connectivity index (χ4n) is 2.33. The van der Waals surface area contributed by atoms with Gasteiger partial charge in [-0.2, -0.15) is 5.10 Å². The first-order chi connectivity index (χ1) is 8.67. The Hall–Kier alpha value is -1.85. The molecule has 2 amide bonds. The highest BCUT2D eigenvalue weighted by Crippen LogP contribution is 2.22. The van der Waals surface area contributed by atoms with Gasteiger partial charge in [-0.05, 0) is 12.8 Å².